The van der Waals surface area contributed by atoms with E-state index in [1.807, 2.05) is 24.4 Å². The zero-order chi connectivity index (χ0) is 20.3. The smallest absolute Gasteiger partial charge is 0.128 e. The molecule has 0 saturated carbocycles. The Bertz CT molecular complexity index is 1110. The molecule has 30 heavy (non-hydrogen) atoms. The number of aryl methyl sites for hydroxylation is 1. The third-order valence-corrected chi connectivity index (χ3v) is 5.83. The molecule has 0 radical (unpaired) electrons. The first-order valence-electron chi connectivity index (χ1n) is 10.6. The summed E-state index contributed by atoms with van der Waals surface area (Å²) in [7, 11) is 0. The van der Waals surface area contributed by atoms with Crippen LogP contribution in [0.25, 0.3) is 11.0 Å². The largest absolute Gasteiger partial charge is 0.490 e. The van der Waals surface area contributed by atoms with Gasteiger partial charge >= 0.3 is 0 Å². The van der Waals surface area contributed by atoms with Crippen molar-refractivity contribution in [2.24, 2.45) is 0 Å². The average molecular weight is 399 g/mol. The van der Waals surface area contributed by atoms with Gasteiger partial charge in [-0.05, 0) is 48.9 Å². The summed E-state index contributed by atoms with van der Waals surface area (Å²) in [5.74, 6) is 3.04. The van der Waals surface area contributed by atoms with E-state index in [1.54, 1.807) is 0 Å². The maximum absolute atomic E-state index is 6.26. The SMILES string of the molecule is Cc1nc2ccccc2n1Cc1ccc(OC2CCN(c3ccccn3)CC2)cc1. The highest BCUT2D eigenvalue weighted by Gasteiger charge is 2.21. The van der Waals surface area contributed by atoms with Crippen LogP contribution in [0.15, 0.2) is 72.9 Å². The minimum atomic E-state index is 0.260. The van der Waals surface area contributed by atoms with Crippen molar-refractivity contribution in [3.63, 3.8) is 0 Å². The molecular weight excluding hydrogens is 372 g/mol. The van der Waals surface area contributed by atoms with Crippen molar-refractivity contribution in [3.05, 3.63) is 84.3 Å². The molecule has 1 aliphatic rings. The number of benzene rings is 2. The molecule has 1 fully saturated rings. The number of anilines is 1. The van der Waals surface area contributed by atoms with Crippen molar-refractivity contribution >= 4 is 16.9 Å². The number of imidazole rings is 1. The van der Waals surface area contributed by atoms with Crippen LogP contribution >= 0.6 is 0 Å². The maximum Gasteiger partial charge on any atom is 0.128 e. The van der Waals surface area contributed by atoms with E-state index in [0.29, 0.717) is 0 Å². The van der Waals surface area contributed by atoms with E-state index in [9.17, 15) is 0 Å². The zero-order valence-electron chi connectivity index (χ0n) is 17.2. The molecule has 0 bridgehead atoms. The standard InChI is InChI=1S/C25H26N4O/c1-19-27-23-6-2-3-7-24(23)29(19)18-20-9-11-21(12-10-20)30-22-13-16-28(17-14-22)25-8-4-5-15-26-25/h2-12,15,22H,13-14,16-18H2,1H3. The van der Waals surface area contributed by atoms with Gasteiger partial charge in [0.25, 0.3) is 0 Å². The molecule has 0 aliphatic carbocycles. The lowest BCUT2D eigenvalue weighted by Crippen LogP contribution is -2.38. The lowest BCUT2D eigenvalue weighted by atomic mass is 10.1. The first-order valence-corrected chi connectivity index (χ1v) is 10.6. The van der Waals surface area contributed by atoms with Crippen LogP contribution in [-0.2, 0) is 6.54 Å². The second kappa shape index (κ2) is 8.19. The number of fused-ring (bicyclic) bond motifs is 1. The van der Waals surface area contributed by atoms with Crippen LogP contribution in [-0.4, -0.2) is 33.7 Å². The van der Waals surface area contributed by atoms with Crippen molar-refractivity contribution in [2.45, 2.75) is 32.4 Å². The van der Waals surface area contributed by atoms with Gasteiger partial charge in [0.05, 0.1) is 11.0 Å². The number of hydrogen-bond donors (Lipinski definition) is 0. The fourth-order valence-electron chi connectivity index (χ4n) is 4.19. The number of piperidine rings is 1. The van der Waals surface area contributed by atoms with Gasteiger partial charge in [0.15, 0.2) is 0 Å². The van der Waals surface area contributed by atoms with Gasteiger partial charge in [0, 0.05) is 38.7 Å². The first kappa shape index (κ1) is 18.7. The molecule has 2 aromatic heterocycles. The minimum Gasteiger partial charge on any atom is -0.490 e. The summed E-state index contributed by atoms with van der Waals surface area (Å²) >= 11 is 0. The Morgan fingerprint density at radius 1 is 0.933 bits per heavy atom. The van der Waals surface area contributed by atoms with E-state index in [1.165, 1.54) is 11.1 Å². The van der Waals surface area contributed by atoms with Crippen molar-refractivity contribution in [3.8, 4) is 5.75 Å². The quantitative estimate of drug-likeness (QED) is 0.483. The molecule has 152 valence electrons. The molecule has 0 atom stereocenters. The van der Waals surface area contributed by atoms with Crippen LogP contribution in [0.1, 0.15) is 24.2 Å². The Hall–Kier alpha value is -3.34. The van der Waals surface area contributed by atoms with Gasteiger partial charge in [0.2, 0.25) is 0 Å². The monoisotopic (exact) mass is 398 g/mol. The summed E-state index contributed by atoms with van der Waals surface area (Å²) in [6.45, 7) is 4.84. The van der Waals surface area contributed by atoms with Crippen LogP contribution in [0.3, 0.4) is 0 Å². The minimum absolute atomic E-state index is 0.260. The predicted octanol–water partition coefficient (Wildman–Crippen LogP) is 4.84. The van der Waals surface area contributed by atoms with Crippen molar-refractivity contribution in [2.75, 3.05) is 18.0 Å². The topological polar surface area (TPSA) is 43.2 Å². The molecule has 0 spiro atoms. The van der Waals surface area contributed by atoms with Crippen molar-refractivity contribution in [1.82, 2.24) is 14.5 Å². The van der Waals surface area contributed by atoms with Gasteiger partial charge in [-0.15, -0.1) is 0 Å². The number of hydrogen-bond acceptors (Lipinski definition) is 4. The lowest BCUT2D eigenvalue weighted by molar-refractivity contribution is 0.170. The number of nitrogens with zero attached hydrogens (tertiary/aromatic N) is 4. The summed E-state index contributed by atoms with van der Waals surface area (Å²) in [5.41, 5.74) is 3.47. The highest BCUT2D eigenvalue weighted by Crippen LogP contribution is 2.23. The molecule has 0 N–H and O–H groups in total. The van der Waals surface area contributed by atoms with E-state index >= 15 is 0 Å². The third kappa shape index (κ3) is 3.88. The van der Waals surface area contributed by atoms with E-state index in [2.05, 4.69) is 74.9 Å². The normalized spacial score (nSPS) is 14.9. The van der Waals surface area contributed by atoms with Crippen LogP contribution in [0, 0.1) is 6.92 Å². The number of aromatic nitrogens is 3. The number of rotatable bonds is 5. The van der Waals surface area contributed by atoms with E-state index in [-0.39, 0.29) is 6.10 Å². The van der Waals surface area contributed by atoms with Gasteiger partial charge in [0.1, 0.15) is 23.5 Å². The van der Waals surface area contributed by atoms with Gasteiger partial charge in [-0.1, -0.05) is 30.3 Å². The van der Waals surface area contributed by atoms with Gasteiger partial charge < -0.3 is 14.2 Å². The van der Waals surface area contributed by atoms with Crippen LogP contribution in [0.5, 0.6) is 5.75 Å². The molecule has 4 aromatic rings. The zero-order valence-corrected chi connectivity index (χ0v) is 17.2. The van der Waals surface area contributed by atoms with Gasteiger partial charge in [-0.25, -0.2) is 9.97 Å². The second-order valence-corrected chi connectivity index (χ2v) is 7.87. The number of ether oxygens (including phenoxy) is 1. The Morgan fingerprint density at radius 3 is 2.47 bits per heavy atom. The van der Waals surface area contributed by atoms with E-state index in [4.69, 9.17) is 4.74 Å². The Balaban J connectivity index is 1.20. The summed E-state index contributed by atoms with van der Waals surface area (Å²) in [4.78, 5) is 11.5. The van der Waals surface area contributed by atoms with E-state index in [0.717, 1.165) is 55.4 Å². The lowest BCUT2D eigenvalue weighted by Gasteiger charge is -2.32. The number of pyridine rings is 1. The summed E-state index contributed by atoms with van der Waals surface area (Å²) in [5, 5.41) is 0. The molecule has 5 heteroatoms. The molecule has 0 unspecified atom stereocenters. The number of para-hydroxylation sites is 2. The molecule has 2 aromatic carbocycles. The fourth-order valence-corrected chi connectivity index (χ4v) is 4.19. The Kier molecular flexibility index (Phi) is 5.10. The third-order valence-electron chi connectivity index (χ3n) is 5.83. The van der Waals surface area contributed by atoms with Gasteiger partial charge in [-0.3, -0.25) is 0 Å². The summed E-state index contributed by atoms with van der Waals surface area (Å²) in [6, 6.07) is 22.9. The first-order chi connectivity index (χ1) is 14.8. The molecule has 5 rings (SSSR count). The molecule has 1 saturated heterocycles. The summed E-state index contributed by atoms with van der Waals surface area (Å²) in [6.07, 6.45) is 4.14. The molecular formula is C25H26N4O. The predicted molar refractivity (Wildman–Crippen MR) is 120 cm³/mol. The van der Waals surface area contributed by atoms with Crippen molar-refractivity contribution in [1.29, 1.82) is 0 Å². The Labute approximate surface area is 177 Å². The summed E-state index contributed by atoms with van der Waals surface area (Å²) < 4.78 is 8.52. The Morgan fingerprint density at radius 2 is 1.70 bits per heavy atom. The average Bonchev–Trinajstić information content (AvgIpc) is 3.11. The van der Waals surface area contributed by atoms with Crippen LogP contribution < -0.4 is 9.64 Å². The van der Waals surface area contributed by atoms with Crippen molar-refractivity contribution < 1.29 is 4.74 Å². The fraction of sp³-hybridized carbons (Fsp3) is 0.280. The van der Waals surface area contributed by atoms with Crippen LogP contribution in [0.2, 0.25) is 0 Å². The highest BCUT2D eigenvalue weighted by molar-refractivity contribution is 5.75. The molecule has 0 amide bonds. The molecule has 5 nitrogen and oxygen atoms in total. The molecule has 1 aliphatic heterocycles. The second-order valence-electron chi connectivity index (χ2n) is 7.87. The van der Waals surface area contributed by atoms with Gasteiger partial charge in [-0.2, -0.15) is 0 Å². The highest BCUT2D eigenvalue weighted by atomic mass is 16.5. The maximum atomic E-state index is 6.26. The van der Waals surface area contributed by atoms with E-state index < -0.39 is 0 Å². The van der Waals surface area contributed by atoms with Crippen LogP contribution in [0.4, 0.5) is 5.82 Å². The molecule has 3 heterocycles.